The normalized spacial score (nSPS) is 20.5. The van der Waals surface area contributed by atoms with Crippen molar-refractivity contribution in [3.05, 3.63) is 36.0 Å². The molecule has 1 N–H and O–H groups in total. The largest absolute Gasteiger partial charge is 0.380 e. The molecule has 1 aliphatic rings. The average Bonchev–Trinajstić information content (AvgIpc) is 2.95. The van der Waals surface area contributed by atoms with E-state index >= 15 is 0 Å². The number of nitrogens with one attached hydrogen (secondary N) is 1. The summed E-state index contributed by atoms with van der Waals surface area (Å²) >= 11 is 0. The molecule has 0 saturated heterocycles. The Bertz CT molecular complexity index is 678. The maximum Gasteiger partial charge on any atom is 0.253 e. The smallest absolute Gasteiger partial charge is 0.253 e. The van der Waals surface area contributed by atoms with Crippen molar-refractivity contribution >= 4 is 23.1 Å². The molecule has 2 aromatic rings. The van der Waals surface area contributed by atoms with Gasteiger partial charge in [-0.15, -0.1) is 0 Å². The molecule has 1 aromatic heterocycles. The summed E-state index contributed by atoms with van der Waals surface area (Å²) in [6.45, 7) is 2.02. The van der Waals surface area contributed by atoms with Gasteiger partial charge in [0.25, 0.3) is 5.91 Å². The van der Waals surface area contributed by atoms with Crippen LogP contribution in [0.25, 0.3) is 10.9 Å². The molecule has 2 heterocycles. The van der Waals surface area contributed by atoms with E-state index in [-0.39, 0.29) is 5.91 Å². The number of amides is 1. The summed E-state index contributed by atoms with van der Waals surface area (Å²) in [7, 11) is 0. The number of benzene rings is 1. The first kappa shape index (κ1) is 14.8. The number of hydrogen-bond acceptors (Lipinski definition) is 3. The lowest BCUT2D eigenvalue weighted by molar-refractivity contribution is -0.109. The molecular formula is C17H20N2O3. The molecule has 0 fully saturated rings. The lowest BCUT2D eigenvalue weighted by Gasteiger charge is -2.13. The molecule has 1 aliphatic heterocycles. The van der Waals surface area contributed by atoms with Crippen molar-refractivity contribution in [1.29, 1.82) is 0 Å². The molecule has 0 spiro atoms. The maximum atomic E-state index is 12.5. The minimum Gasteiger partial charge on any atom is -0.380 e. The van der Waals surface area contributed by atoms with Crippen molar-refractivity contribution in [3.8, 4) is 0 Å². The minimum atomic E-state index is -0.438. The van der Waals surface area contributed by atoms with Crippen LogP contribution < -0.4 is 5.32 Å². The fourth-order valence-electron chi connectivity index (χ4n) is 2.88. The molecule has 1 amide bonds. The minimum absolute atomic E-state index is 0.192. The Morgan fingerprint density at radius 2 is 2.14 bits per heavy atom. The van der Waals surface area contributed by atoms with Gasteiger partial charge in [0.05, 0.1) is 23.7 Å². The van der Waals surface area contributed by atoms with E-state index in [1.54, 1.807) is 6.07 Å². The van der Waals surface area contributed by atoms with Crippen LogP contribution in [0.2, 0.25) is 0 Å². The third-order valence-electron chi connectivity index (χ3n) is 4.04. The molecule has 116 valence electrons. The summed E-state index contributed by atoms with van der Waals surface area (Å²) in [4.78, 5) is 23.7. The van der Waals surface area contributed by atoms with Gasteiger partial charge in [-0.2, -0.15) is 0 Å². The van der Waals surface area contributed by atoms with Gasteiger partial charge in [0.1, 0.15) is 6.29 Å². The van der Waals surface area contributed by atoms with Gasteiger partial charge in [-0.1, -0.05) is 12.1 Å². The van der Waals surface area contributed by atoms with Gasteiger partial charge in [-0.05, 0) is 31.4 Å². The first-order valence-electron chi connectivity index (χ1n) is 7.71. The SMILES string of the molecule is O=C[C@@H]1CCCCOCCn2ccc3cccc(c32)C(=O)N1. The highest BCUT2D eigenvalue weighted by molar-refractivity contribution is 6.06. The molecule has 1 aromatic carbocycles. The summed E-state index contributed by atoms with van der Waals surface area (Å²) in [5.41, 5.74) is 1.50. The number of hydrogen-bond donors (Lipinski definition) is 1. The predicted octanol–water partition coefficient (Wildman–Crippen LogP) is 2.14. The number of aldehydes is 1. The monoisotopic (exact) mass is 300 g/mol. The Hall–Kier alpha value is -2.14. The van der Waals surface area contributed by atoms with Crippen LogP contribution in [0.1, 0.15) is 29.6 Å². The first-order valence-corrected chi connectivity index (χ1v) is 7.71. The first-order chi connectivity index (χ1) is 10.8. The second-order valence-corrected chi connectivity index (χ2v) is 5.58. The molecule has 5 nitrogen and oxygen atoms in total. The quantitative estimate of drug-likeness (QED) is 0.821. The van der Waals surface area contributed by atoms with Crippen LogP contribution in [0.5, 0.6) is 0 Å². The standard InChI is InChI=1S/C17H20N2O3/c20-12-14-5-1-2-10-22-11-9-19-8-7-13-4-3-6-15(16(13)19)17(21)18-14/h3-4,6-8,12,14H,1-2,5,9-11H2,(H,18,21)/t14-/m0/s1. The van der Waals surface area contributed by atoms with Crippen molar-refractivity contribution in [2.24, 2.45) is 0 Å². The Kier molecular flexibility index (Phi) is 4.53. The van der Waals surface area contributed by atoms with E-state index in [9.17, 15) is 9.59 Å². The highest BCUT2D eigenvalue weighted by Crippen LogP contribution is 2.21. The van der Waals surface area contributed by atoms with Crippen LogP contribution >= 0.6 is 0 Å². The van der Waals surface area contributed by atoms with Crippen LogP contribution in [-0.4, -0.2) is 36.0 Å². The summed E-state index contributed by atoms with van der Waals surface area (Å²) in [6.07, 6.45) is 5.20. The third kappa shape index (κ3) is 3.04. The van der Waals surface area contributed by atoms with Gasteiger partial charge in [-0.25, -0.2) is 0 Å². The molecule has 0 aliphatic carbocycles. The summed E-state index contributed by atoms with van der Waals surface area (Å²) in [5.74, 6) is -0.192. The number of ether oxygens (including phenoxy) is 1. The zero-order valence-electron chi connectivity index (χ0n) is 12.5. The molecule has 0 unspecified atom stereocenters. The highest BCUT2D eigenvalue weighted by atomic mass is 16.5. The Balaban J connectivity index is 1.99. The highest BCUT2D eigenvalue weighted by Gasteiger charge is 2.17. The molecule has 0 bridgehead atoms. The van der Waals surface area contributed by atoms with Crippen LogP contribution in [-0.2, 0) is 16.1 Å². The van der Waals surface area contributed by atoms with Gasteiger partial charge < -0.3 is 19.4 Å². The Labute approximate surface area is 129 Å². The van der Waals surface area contributed by atoms with Crippen molar-refractivity contribution in [3.63, 3.8) is 0 Å². The van der Waals surface area contributed by atoms with Crippen LogP contribution in [0.3, 0.4) is 0 Å². The molecule has 22 heavy (non-hydrogen) atoms. The van der Waals surface area contributed by atoms with E-state index in [2.05, 4.69) is 5.32 Å². The molecule has 0 saturated carbocycles. The second kappa shape index (κ2) is 6.75. The van der Waals surface area contributed by atoms with E-state index in [1.807, 2.05) is 29.0 Å². The summed E-state index contributed by atoms with van der Waals surface area (Å²) in [6, 6.07) is 7.21. The maximum absolute atomic E-state index is 12.5. The van der Waals surface area contributed by atoms with Crippen molar-refractivity contribution in [1.82, 2.24) is 9.88 Å². The van der Waals surface area contributed by atoms with Crippen molar-refractivity contribution in [2.75, 3.05) is 13.2 Å². The number of carbonyl (C=O) groups excluding carboxylic acids is 2. The van der Waals surface area contributed by atoms with Crippen molar-refractivity contribution in [2.45, 2.75) is 31.8 Å². The zero-order chi connectivity index (χ0) is 15.4. The molecule has 0 radical (unpaired) electrons. The summed E-state index contributed by atoms with van der Waals surface area (Å²) in [5, 5.41) is 3.85. The van der Waals surface area contributed by atoms with Crippen LogP contribution in [0, 0.1) is 0 Å². The van der Waals surface area contributed by atoms with Gasteiger partial charge in [0.15, 0.2) is 0 Å². The number of para-hydroxylation sites is 1. The van der Waals surface area contributed by atoms with Gasteiger partial charge in [-0.3, -0.25) is 4.79 Å². The van der Waals surface area contributed by atoms with Gasteiger partial charge in [0.2, 0.25) is 0 Å². The van der Waals surface area contributed by atoms with Gasteiger partial charge in [0, 0.05) is 24.7 Å². The summed E-state index contributed by atoms with van der Waals surface area (Å²) < 4.78 is 7.68. The fourth-order valence-corrected chi connectivity index (χ4v) is 2.88. The predicted molar refractivity (Wildman–Crippen MR) is 83.9 cm³/mol. The van der Waals surface area contributed by atoms with E-state index in [0.29, 0.717) is 31.7 Å². The topological polar surface area (TPSA) is 60.3 Å². The molecular weight excluding hydrogens is 280 g/mol. The Morgan fingerprint density at radius 1 is 1.23 bits per heavy atom. The lowest BCUT2D eigenvalue weighted by Crippen LogP contribution is -2.36. The third-order valence-corrected chi connectivity index (χ3v) is 4.04. The second-order valence-electron chi connectivity index (χ2n) is 5.58. The van der Waals surface area contributed by atoms with Crippen molar-refractivity contribution < 1.29 is 14.3 Å². The van der Waals surface area contributed by atoms with Crippen LogP contribution in [0.15, 0.2) is 30.5 Å². The number of carbonyl (C=O) groups is 2. The number of nitrogens with zero attached hydrogens (tertiary/aromatic N) is 1. The average molecular weight is 300 g/mol. The number of rotatable bonds is 1. The van der Waals surface area contributed by atoms with E-state index in [0.717, 1.165) is 30.0 Å². The molecule has 5 heteroatoms. The molecule has 1 atom stereocenters. The lowest BCUT2D eigenvalue weighted by atomic mass is 10.1. The van der Waals surface area contributed by atoms with E-state index in [1.165, 1.54) is 0 Å². The van der Waals surface area contributed by atoms with E-state index in [4.69, 9.17) is 4.74 Å². The molecule has 3 rings (SSSR count). The fraction of sp³-hybridized carbons (Fsp3) is 0.412. The van der Waals surface area contributed by atoms with Crippen LogP contribution in [0.4, 0.5) is 0 Å². The van der Waals surface area contributed by atoms with Gasteiger partial charge >= 0.3 is 0 Å². The number of aromatic nitrogens is 1. The van der Waals surface area contributed by atoms with E-state index < -0.39 is 6.04 Å². The Morgan fingerprint density at radius 3 is 3.00 bits per heavy atom. The zero-order valence-corrected chi connectivity index (χ0v) is 12.5.